The number of nitrogens with one attached hydrogen (secondary N) is 1. The predicted molar refractivity (Wildman–Crippen MR) is 113 cm³/mol. The fourth-order valence-corrected chi connectivity index (χ4v) is 5.25. The normalized spacial score (nSPS) is 25.0. The number of sulfone groups is 1. The van der Waals surface area contributed by atoms with E-state index < -0.39 is 14.6 Å². The van der Waals surface area contributed by atoms with Gasteiger partial charge < -0.3 is 15.1 Å². The number of hydrogen-bond donors (Lipinski definition) is 1. The molecule has 0 radical (unpaired) electrons. The van der Waals surface area contributed by atoms with Gasteiger partial charge in [0.05, 0.1) is 16.5 Å². The van der Waals surface area contributed by atoms with Crippen LogP contribution in [0.3, 0.4) is 0 Å². The lowest BCUT2D eigenvalue weighted by Gasteiger charge is -2.39. The summed E-state index contributed by atoms with van der Waals surface area (Å²) >= 11 is 0. The van der Waals surface area contributed by atoms with E-state index in [0.29, 0.717) is 19.6 Å². The fourth-order valence-electron chi connectivity index (χ4n) is 3.88. The molecule has 2 aliphatic rings. The first kappa shape index (κ1) is 22.9. The number of rotatable bonds is 6. The maximum atomic E-state index is 12.3. The molecule has 2 saturated heterocycles. The Morgan fingerprint density at radius 1 is 1.29 bits per heavy atom. The van der Waals surface area contributed by atoms with Crippen LogP contribution in [0, 0.1) is 0 Å². The summed E-state index contributed by atoms with van der Waals surface area (Å²) < 4.78 is 23.7. The first-order valence-electron chi connectivity index (χ1n) is 10.3. The summed E-state index contributed by atoms with van der Waals surface area (Å²) in [5.74, 6) is 1.13. The number of carbonyl (C=O) groups excluding carboxylic acids is 1. The zero-order valence-electron chi connectivity index (χ0n) is 18.1. The number of aliphatic imine (C=N–C) groups is 1. The van der Waals surface area contributed by atoms with E-state index in [-0.39, 0.29) is 17.7 Å². The van der Waals surface area contributed by atoms with Crippen LogP contribution < -0.4 is 5.32 Å². The zero-order valence-corrected chi connectivity index (χ0v) is 18.9. The summed E-state index contributed by atoms with van der Waals surface area (Å²) in [5.41, 5.74) is 0. The van der Waals surface area contributed by atoms with Gasteiger partial charge in [0, 0.05) is 46.8 Å². The minimum Gasteiger partial charge on any atom is -0.357 e. The van der Waals surface area contributed by atoms with E-state index in [1.54, 1.807) is 18.7 Å². The Kier molecular flexibility index (Phi) is 7.73. The van der Waals surface area contributed by atoms with Crippen molar-refractivity contribution in [2.75, 3.05) is 59.1 Å². The quantitative estimate of drug-likeness (QED) is 0.384. The number of nitrogens with zero attached hydrogens (tertiary/aromatic N) is 4. The second kappa shape index (κ2) is 9.43. The minimum atomic E-state index is -3.07. The van der Waals surface area contributed by atoms with Gasteiger partial charge in [-0.3, -0.25) is 14.7 Å². The van der Waals surface area contributed by atoms with Gasteiger partial charge >= 0.3 is 0 Å². The molecule has 0 aliphatic carbocycles. The van der Waals surface area contributed by atoms with Crippen LogP contribution >= 0.6 is 0 Å². The van der Waals surface area contributed by atoms with Crippen molar-refractivity contribution in [2.45, 2.75) is 50.8 Å². The Morgan fingerprint density at radius 2 is 2.00 bits per heavy atom. The zero-order chi connectivity index (χ0) is 20.9. The Morgan fingerprint density at radius 3 is 2.61 bits per heavy atom. The van der Waals surface area contributed by atoms with Crippen molar-refractivity contribution in [3.63, 3.8) is 0 Å². The monoisotopic (exact) mass is 415 g/mol. The van der Waals surface area contributed by atoms with Crippen LogP contribution in [0.1, 0.15) is 40.0 Å². The number of amides is 1. The van der Waals surface area contributed by atoms with Gasteiger partial charge in [-0.15, -0.1) is 0 Å². The van der Waals surface area contributed by atoms with Crippen LogP contribution in [0.4, 0.5) is 0 Å². The standard InChI is InChI=1S/C19H37N5O3S/c1-6-20-18(24-13-14-28(26,27)19(2,3)15-24)21-10-8-12-23-11-7-9-16(23)17(25)22(4)5/h16H,6-15H2,1-5H3,(H,20,21). The van der Waals surface area contributed by atoms with Crippen molar-refractivity contribution in [1.82, 2.24) is 20.0 Å². The lowest BCUT2D eigenvalue weighted by molar-refractivity contribution is -0.133. The molecule has 0 bridgehead atoms. The summed E-state index contributed by atoms with van der Waals surface area (Å²) in [5, 5.41) is 3.29. The van der Waals surface area contributed by atoms with E-state index in [1.165, 1.54) is 0 Å². The van der Waals surface area contributed by atoms with Crippen molar-refractivity contribution in [3.8, 4) is 0 Å². The summed E-state index contributed by atoms with van der Waals surface area (Å²) in [7, 11) is 0.556. The van der Waals surface area contributed by atoms with E-state index in [1.807, 2.05) is 21.0 Å². The number of likely N-dealkylation sites (N-methyl/N-ethyl adjacent to an activating group) is 1. The molecular formula is C19H37N5O3S. The molecule has 1 N–H and O–H groups in total. The average Bonchev–Trinajstić information content (AvgIpc) is 3.07. The lowest BCUT2D eigenvalue weighted by Crippen LogP contribution is -2.57. The van der Waals surface area contributed by atoms with Gasteiger partial charge in [-0.2, -0.15) is 0 Å². The number of hydrogen-bond acceptors (Lipinski definition) is 5. The number of carbonyl (C=O) groups is 1. The van der Waals surface area contributed by atoms with Crippen LogP contribution in [-0.2, 0) is 14.6 Å². The van der Waals surface area contributed by atoms with Crippen LogP contribution in [0.15, 0.2) is 4.99 Å². The summed E-state index contributed by atoms with van der Waals surface area (Å²) in [6.45, 7) is 9.73. The highest BCUT2D eigenvalue weighted by Gasteiger charge is 2.41. The third-order valence-corrected chi connectivity index (χ3v) is 8.17. The number of guanidine groups is 1. The van der Waals surface area contributed by atoms with Crippen molar-refractivity contribution in [2.24, 2.45) is 4.99 Å². The molecule has 1 amide bonds. The van der Waals surface area contributed by atoms with Crippen molar-refractivity contribution >= 4 is 21.7 Å². The first-order valence-corrected chi connectivity index (χ1v) is 11.9. The van der Waals surface area contributed by atoms with Gasteiger partial charge in [0.25, 0.3) is 0 Å². The topological polar surface area (TPSA) is 85.3 Å². The predicted octanol–water partition coefficient (Wildman–Crippen LogP) is 0.404. The molecule has 0 saturated carbocycles. The lowest BCUT2D eigenvalue weighted by atomic mass is 10.2. The molecule has 2 fully saturated rings. The smallest absolute Gasteiger partial charge is 0.239 e. The Bertz CT molecular complexity index is 675. The largest absolute Gasteiger partial charge is 0.357 e. The molecule has 0 spiro atoms. The third-order valence-electron chi connectivity index (χ3n) is 5.63. The van der Waals surface area contributed by atoms with E-state index >= 15 is 0 Å². The molecule has 8 nitrogen and oxygen atoms in total. The molecule has 2 heterocycles. The van der Waals surface area contributed by atoms with Gasteiger partial charge in [-0.25, -0.2) is 8.42 Å². The second-order valence-corrected chi connectivity index (χ2v) is 11.3. The van der Waals surface area contributed by atoms with Gasteiger partial charge in [-0.05, 0) is 46.6 Å². The van der Waals surface area contributed by atoms with Crippen LogP contribution in [-0.4, -0.2) is 105 Å². The molecule has 0 aromatic carbocycles. The minimum absolute atomic E-state index is 0.000294. The molecule has 2 aliphatic heterocycles. The second-order valence-electron chi connectivity index (χ2n) is 8.52. The molecule has 28 heavy (non-hydrogen) atoms. The van der Waals surface area contributed by atoms with E-state index in [2.05, 4.69) is 15.1 Å². The Hall–Kier alpha value is -1.35. The highest BCUT2D eigenvalue weighted by atomic mass is 32.2. The van der Waals surface area contributed by atoms with E-state index in [9.17, 15) is 13.2 Å². The van der Waals surface area contributed by atoms with Crippen LogP contribution in [0.5, 0.6) is 0 Å². The third kappa shape index (κ3) is 5.37. The van der Waals surface area contributed by atoms with Gasteiger partial charge in [-0.1, -0.05) is 0 Å². The van der Waals surface area contributed by atoms with Gasteiger partial charge in [0.2, 0.25) is 5.91 Å². The average molecular weight is 416 g/mol. The molecule has 162 valence electrons. The SMILES string of the molecule is CCNC(=NCCCN1CCCC1C(=O)N(C)C)N1CCS(=O)(=O)C(C)(C)C1. The molecule has 9 heteroatoms. The number of likely N-dealkylation sites (tertiary alicyclic amines) is 1. The van der Waals surface area contributed by atoms with Gasteiger partial charge in [0.15, 0.2) is 15.8 Å². The van der Waals surface area contributed by atoms with Crippen LogP contribution in [0.2, 0.25) is 0 Å². The fraction of sp³-hybridized carbons (Fsp3) is 0.895. The molecule has 1 atom stereocenters. The Balaban J connectivity index is 1.92. The molecule has 0 aromatic heterocycles. The highest BCUT2D eigenvalue weighted by Crippen LogP contribution is 2.24. The summed E-state index contributed by atoms with van der Waals surface area (Å²) in [6.07, 6.45) is 2.87. The van der Waals surface area contributed by atoms with E-state index in [0.717, 1.165) is 44.9 Å². The molecule has 1 unspecified atom stereocenters. The molecular weight excluding hydrogens is 378 g/mol. The Labute approximate surface area is 170 Å². The summed E-state index contributed by atoms with van der Waals surface area (Å²) in [4.78, 5) is 23.0. The molecule has 0 aromatic rings. The van der Waals surface area contributed by atoms with Crippen molar-refractivity contribution < 1.29 is 13.2 Å². The van der Waals surface area contributed by atoms with Crippen LogP contribution in [0.25, 0.3) is 0 Å². The highest BCUT2D eigenvalue weighted by molar-refractivity contribution is 7.92. The van der Waals surface area contributed by atoms with Crippen molar-refractivity contribution in [1.29, 1.82) is 0 Å². The van der Waals surface area contributed by atoms with Crippen molar-refractivity contribution in [3.05, 3.63) is 0 Å². The van der Waals surface area contributed by atoms with E-state index in [4.69, 9.17) is 4.99 Å². The van der Waals surface area contributed by atoms with Gasteiger partial charge in [0.1, 0.15) is 0 Å². The maximum absolute atomic E-state index is 12.3. The first-order chi connectivity index (χ1) is 13.1. The maximum Gasteiger partial charge on any atom is 0.239 e. The summed E-state index contributed by atoms with van der Waals surface area (Å²) in [6, 6.07) is 0.000294. The molecule has 2 rings (SSSR count).